The normalized spacial score (nSPS) is 10.6. The van der Waals surface area contributed by atoms with Gasteiger partial charge in [0.15, 0.2) is 0 Å². The number of aryl methyl sites for hydroxylation is 1. The lowest BCUT2D eigenvalue weighted by Gasteiger charge is -2.05. The van der Waals surface area contributed by atoms with Crippen LogP contribution < -0.4 is 10.1 Å². The molecular weight excluding hydrogens is 338 g/mol. The second-order valence-corrected chi connectivity index (χ2v) is 6.38. The van der Waals surface area contributed by atoms with Crippen molar-refractivity contribution in [3.63, 3.8) is 0 Å². The van der Waals surface area contributed by atoms with Crippen molar-refractivity contribution in [3.05, 3.63) is 53.2 Å². The van der Waals surface area contributed by atoms with Gasteiger partial charge in [-0.3, -0.25) is 4.79 Å². The number of rotatable bonds is 8. The van der Waals surface area contributed by atoms with E-state index in [0.717, 1.165) is 16.2 Å². The van der Waals surface area contributed by atoms with Crippen molar-refractivity contribution in [3.8, 4) is 16.5 Å². The Bertz CT molecular complexity index is 797. The number of nitrogens with zero attached hydrogens (tertiary/aromatic N) is 2. The Kier molecular flexibility index (Phi) is 5.79. The zero-order valence-electron chi connectivity index (χ0n) is 13.9. The summed E-state index contributed by atoms with van der Waals surface area (Å²) < 4.78 is 10.3. The van der Waals surface area contributed by atoms with E-state index in [1.165, 1.54) is 0 Å². The number of amides is 1. The van der Waals surface area contributed by atoms with Gasteiger partial charge in [0.1, 0.15) is 5.75 Å². The van der Waals surface area contributed by atoms with Crippen molar-refractivity contribution in [2.24, 2.45) is 0 Å². The number of carbonyl (C=O) groups is 1. The number of carbonyl (C=O) groups excluding carboxylic acids is 1. The van der Waals surface area contributed by atoms with E-state index >= 15 is 0 Å². The molecule has 2 aromatic heterocycles. The number of aromatic nitrogens is 2. The third-order valence-electron chi connectivity index (χ3n) is 3.67. The van der Waals surface area contributed by atoms with Crippen LogP contribution in [0.3, 0.4) is 0 Å². The first-order valence-electron chi connectivity index (χ1n) is 8.00. The first kappa shape index (κ1) is 17.2. The molecule has 0 spiro atoms. The molecule has 0 aliphatic rings. The highest BCUT2D eigenvalue weighted by molar-refractivity contribution is 7.13. The van der Waals surface area contributed by atoms with E-state index in [2.05, 4.69) is 15.5 Å². The lowest BCUT2D eigenvalue weighted by molar-refractivity contribution is -0.121. The number of hydrogen-bond donors (Lipinski definition) is 1. The second kappa shape index (κ2) is 8.43. The number of nitrogens with one attached hydrogen (secondary N) is 1. The van der Waals surface area contributed by atoms with Gasteiger partial charge in [-0.15, -0.1) is 11.3 Å². The van der Waals surface area contributed by atoms with Gasteiger partial charge in [-0.1, -0.05) is 23.4 Å². The molecule has 0 unspecified atom stereocenters. The lowest BCUT2D eigenvalue weighted by atomic mass is 10.1. The molecule has 1 aromatic carbocycles. The summed E-state index contributed by atoms with van der Waals surface area (Å²) in [4.78, 5) is 17.2. The molecule has 0 radical (unpaired) electrons. The van der Waals surface area contributed by atoms with Gasteiger partial charge in [0.05, 0.1) is 12.0 Å². The number of hydrogen-bond acceptors (Lipinski definition) is 6. The summed E-state index contributed by atoms with van der Waals surface area (Å²) in [5, 5.41) is 8.79. The second-order valence-electron chi connectivity index (χ2n) is 5.44. The van der Waals surface area contributed by atoms with E-state index in [1.807, 2.05) is 41.8 Å². The van der Waals surface area contributed by atoms with Crippen molar-refractivity contribution in [1.29, 1.82) is 0 Å². The highest BCUT2D eigenvalue weighted by Gasteiger charge is 2.09. The van der Waals surface area contributed by atoms with Crippen LogP contribution in [0.4, 0.5) is 0 Å². The SMILES string of the molecule is COc1ccc(CCC(=O)NCCc2nc(-c3cccs3)no2)cc1. The molecule has 0 fully saturated rings. The topological polar surface area (TPSA) is 77.2 Å². The minimum atomic E-state index is 0.00816. The Labute approximate surface area is 149 Å². The standard InChI is InChI=1S/C18H19N3O3S/c1-23-14-7-4-13(5-8-14)6-9-16(22)19-11-10-17-20-18(21-24-17)15-3-2-12-25-15/h2-5,7-8,12H,6,9-11H2,1H3,(H,19,22). The van der Waals surface area contributed by atoms with E-state index < -0.39 is 0 Å². The van der Waals surface area contributed by atoms with Crippen molar-refractivity contribution < 1.29 is 14.1 Å². The largest absolute Gasteiger partial charge is 0.497 e. The molecule has 6 nitrogen and oxygen atoms in total. The summed E-state index contributed by atoms with van der Waals surface area (Å²) in [6, 6.07) is 11.6. The number of methoxy groups -OCH3 is 1. The van der Waals surface area contributed by atoms with Crippen molar-refractivity contribution >= 4 is 17.2 Å². The maximum atomic E-state index is 11.9. The Balaban J connectivity index is 1.39. The van der Waals surface area contributed by atoms with Crippen molar-refractivity contribution in [1.82, 2.24) is 15.5 Å². The number of thiophene rings is 1. The van der Waals surface area contributed by atoms with E-state index in [-0.39, 0.29) is 5.91 Å². The first-order valence-corrected chi connectivity index (χ1v) is 8.88. The van der Waals surface area contributed by atoms with Gasteiger partial charge < -0.3 is 14.6 Å². The van der Waals surface area contributed by atoms with Crippen LogP contribution in [-0.4, -0.2) is 29.7 Å². The van der Waals surface area contributed by atoms with E-state index in [4.69, 9.17) is 9.26 Å². The van der Waals surface area contributed by atoms with Crippen LogP contribution in [0.1, 0.15) is 17.9 Å². The van der Waals surface area contributed by atoms with E-state index in [1.54, 1.807) is 18.4 Å². The van der Waals surface area contributed by atoms with Gasteiger partial charge in [0, 0.05) is 19.4 Å². The molecule has 3 aromatic rings. The summed E-state index contributed by atoms with van der Waals surface area (Å²) in [6.07, 6.45) is 1.65. The lowest BCUT2D eigenvalue weighted by Crippen LogP contribution is -2.25. The minimum absolute atomic E-state index is 0.00816. The Morgan fingerprint density at radius 2 is 2.08 bits per heavy atom. The van der Waals surface area contributed by atoms with Gasteiger partial charge in [0.2, 0.25) is 17.6 Å². The monoisotopic (exact) mass is 357 g/mol. The van der Waals surface area contributed by atoms with Crippen LogP contribution >= 0.6 is 11.3 Å². The summed E-state index contributed by atoms with van der Waals surface area (Å²) >= 11 is 1.56. The molecule has 7 heteroatoms. The number of benzene rings is 1. The molecule has 1 amide bonds. The summed E-state index contributed by atoms with van der Waals surface area (Å²) in [5.74, 6) is 1.94. The number of ether oxygens (including phenoxy) is 1. The Hall–Kier alpha value is -2.67. The van der Waals surface area contributed by atoms with Crippen LogP contribution in [0.5, 0.6) is 5.75 Å². The smallest absolute Gasteiger partial charge is 0.228 e. The Morgan fingerprint density at radius 1 is 1.24 bits per heavy atom. The summed E-state index contributed by atoms with van der Waals surface area (Å²) in [6.45, 7) is 0.480. The molecule has 3 rings (SSSR count). The Morgan fingerprint density at radius 3 is 2.80 bits per heavy atom. The van der Waals surface area contributed by atoms with Gasteiger partial charge in [-0.2, -0.15) is 4.98 Å². The molecule has 1 N–H and O–H groups in total. The zero-order valence-corrected chi connectivity index (χ0v) is 14.7. The highest BCUT2D eigenvalue weighted by Crippen LogP contribution is 2.21. The molecular formula is C18H19N3O3S. The van der Waals surface area contributed by atoms with Gasteiger partial charge in [-0.05, 0) is 35.6 Å². The molecule has 0 saturated carbocycles. The first-order chi connectivity index (χ1) is 12.2. The maximum Gasteiger partial charge on any atom is 0.228 e. The average molecular weight is 357 g/mol. The van der Waals surface area contributed by atoms with Crippen LogP contribution in [0, 0.1) is 0 Å². The molecule has 0 saturated heterocycles. The van der Waals surface area contributed by atoms with E-state index in [0.29, 0.717) is 37.5 Å². The van der Waals surface area contributed by atoms with Gasteiger partial charge in [-0.25, -0.2) is 0 Å². The van der Waals surface area contributed by atoms with E-state index in [9.17, 15) is 4.79 Å². The van der Waals surface area contributed by atoms with Crippen LogP contribution in [-0.2, 0) is 17.6 Å². The van der Waals surface area contributed by atoms with Gasteiger partial charge >= 0.3 is 0 Å². The average Bonchev–Trinajstić information content (AvgIpc) is 3.32. The molecule has 130 valence electrons. The quantitative estimate of drug-likeness (QED) is 0.670. The molecule has 0 bridgehead atoms. The fourth-order valence-electron chi connectivity index (χ4n) is 2.31. The molecule has 25 heavy (non-hydrogen) atoms. The van der Waals surface area contributed by atoms with Crippen LogP contribution in [0.2, 0.25) is 0 Å². The van der Waals surface area contributed by atoms with Crippen molar-refractivity contribution in [2.45, 2.75) is 19.3 Å². The third-order valence-corrected chi connectivity index (χ3v) is 4.54. The fourth-order valence-corrected chi connectivity index (χ4v) is 2.96. The molecule has 0 atom stereocenters. The highest BCUT2D eigenvalue weighted by atomic mass is 32.1. The van der Waals surface area contributed by atoms with Crippen LogP contribution in [0.15, 0.2) is 46.3 Å². The minimum Gasteiger partial charge on any atom is -0.497 e. The fraction of sp³-hybridized carbons (Fsp3) is 0.278. The predicted molar refractivity (Wildman–Crippen MR) is 95.6 cm³/mol. The third kappa shape index (κ3) is 4.90. The molecule has 0 aliphatic heterocycles. The van der Waals surface area contributed by atoms with Gasteiger partial charge in [0.25, 0.3) is 0 Å². The van der Waals surface area contributed by atoms with Crippen LogP contribution in [0.25, 0.3) is 10.7 Å². The summed E-state index contributed by atoms with van der Waals surface area (Å²) in [7, 11) is 1.63. The summed E-state index contributed by atoms with van der Waals surface area (Å²) in [5.41, 5.74) is 1.11. The molecule has 0 aliphatic carbocycles. The molecule has 2 heterocycles. The predicted octanol–water partition coefficient (Wildman–Crippen LogP) is 3.10. The van der Waals surface area contributed by atoms with Crippen molar-refractivity contribution in [2.75, 3.05) is 13.7 Å². The maximum absolute atomic E-state index is 11.9. The zero-order chi connectivity index (χ0) is 17.5.